The Morgan fingerprint density at radius 1 is 0.946 bits per heavy atom. The number of aromatic nitrogens is 1. The number of hydrogen-bond acceptors (Lipinski definition) is 3. The molecule has 5 heteroatoms. The van der Waals surface area contributed by atoms with Gasteiger partial charge in [-0.25, -0.2) is 0 Å². The molecule has 3 atom stereocenters. The Morgan fingerprint density at radius 2 is 1.73 bits per heavy atom. The maximum absolute atomic E-state index is 14.1. The van der Waals surface area contributed by atoms with Crippen molar-refractivity contribution in [2.24, 2.45) is 11.8 Å². The molecular formula is C32H39N3O2. The van der Waals surface area contributed by atoms with Gasteiger partial charge in [0.15, 0.2) is 0 Å². The van der Waals surface area contributed by atoms with Crippen molar-refractivity contribution in [2.75, 3.05) is 6.54 Å². The van der Waals surface area contributed by atoms with Gasteiger partial charge in [-0.15, -0.1) is 0 Å². The van der Waals surface area contributed by atoms with Gasteiger partial charge in [0.25, 0.3) is 0 Å². The van der Waals surface area contributed by atoms with E-state index >= 15 is 0 Å². The number of carbonyl (C=O) groups excluding carboxylic acids is 2. The lowest BCUT2D eigenvalue weighted by Crippen LogP contribution is -2.53. The standard InChI is InChI=1S/C32H39N3O2/c1-3-22(2)31(36)34-30(24-11-5-4-6-12-24)32(37)35-17-9-14-29(35)28-19-27(20-33-21-28)26-16-15-23-10-7-8-13-25(23)18-26/h7-8,10,13,15-16,18-22,24,29-30H,3-6,9,11-12,14,17H2,1-2H3,(H,34,36). The molecule has 1 saturated heterocycles. The second kappa shape index (κ2) is 11.5. The SMILES string of the molecule is CCC(C)C(=O)NC(C(=O)N1CCCC1c1cncc(-c2ccc3ccccc3c2)c1)C1CCCCC1. The maximum Gasteiger partial charge on any atom is 0.245 e. The number of likely N-dealkylation sites (tertiary alicyclic amines) is 1. The first-order valence-electron chi connectivity index (χ1n) is 14.1. The Balaban J connectivity index is 1.40. The number of nitrogens with zero attached hydrogens (tertiary/aromatic N) is 2. The molecule has 3 unspecified atom stereocenters. The van der Waals surface area contributed by atoms with Gasteiger partial charge >= 0.3 is 0 Å². The Bertz CT molecular complexity index is 1250. The second-order valence-corrected chi connectivity index (χ2v) is 11.0. The Labute approximate surface area is 220 Å². The highest BCUT2D eigenvalue weighted by molar-refractivity contribution is 5.89. The Kier molecular flexibility index (Phi) is 7.87. The van der Waals surface area contributed by atoms with Crippen LogP contribution >= 0.6 is 0 Å². The summed E-state index contributed by atoms with van der Waals surface area (Å²) in [7, 11) is 0. The molecular weight excluding hydrogens is 458 g/mol. The molecule has 0 radical (unpaired) electrons. The van der Waals surface area contributed by atoms with E-state index in [0.29, 0.717) is 0 Å². The van der Waals surface area contributed by atoms with Crippen molar-refractivity contribution in [3.05, 3.63) is 66.5 Å². The Hall–Kier alpha value is -3.21. The van der Waals surface area contributed by atoms with Gasteiger partial charge < -0.3 is 10.2 Å². The van der Waals surface area contributed by atoms with Crippen LogP contribution in [0.1, 0.15) is 76.8 Å². The first-order chi connectivity index (χ1) is 18.0. The summed E-state index contributed by atoms with van der Waals surface area (Å²) in [5, 5.41) is 5.62. The zero-order valence-electron chi connectivity index (χ0n) is 22.2. The molecule has 3 aromatic rings. The smallest absolute Gasteiger partial charge is 0.245 e. The van der Waals surface area contributed by atoms with Crippen molar-refractivity contribution < 1.29 is 9.59 Å². The monoisotopic (exact) mass is 497 g/mol. The van der Waals surface area contributed by atoms with Gasteiger partial charge in [0, 0.05) is 30.4 Å². The van der Waals surface area contributed by atoms with Crippen LogP contribution in [0.25, 0.3) is 21.9 Å². The van der Waals surface area contributed by atoms with Crippen LogP contribution in [0, 0.1) is 11.8 Å². The number of nitrogens with one attached hydrogen (secondary N) is 1. The van der Waals surface area contributed by atoms with Crippen molar-refractivity contribution in [3.63, 3.8) is 0 Å². The molecule has 0 bridgehead atoms. The molecule has 1 aromatic heterocycles. The fraction of sp³-hybridized carbons (Fsp3) is 0.469. The fourth-order valence-electron chi connectivity index (χ4n) is 6.05. The van der Waals surface area contributed by atoms with Crippen LogP contribution in [0.4, 0.5) is 0 Å². The molecule has 194 valence electrons. The molecule has 2 amide bonds. The van der Waals surface area contributed by atoms with Crippen molar-refractivity contribution in [2.45, 2.75) is 77.3 Å². The highest BCUT2D eigenvalue weighted by atomic mass is 16.2. The predicted octanol–water partition coefficient (Wildman–Crippen LogP) is 6.68. The number of rotatable bonds is 7. The molecule has 1 saturated carbocycles. The molecule has 5 nitrogen and oxygen atoms in total. The van der Waals surface area contributed by atoms with Crippen LogP contribution < -0.4 is 5.32 Å². The van der Waals surface area contributed by atoms with Crippen LogP contribution in [-0.4, -0.2) is 34.3 Å². The first kappa shape index (κ1) is 25.4. The average molecular weight is 498 g/mol. The van der Waals surface area contributed by atoms with Gasteiger partial charge in [0.05, 0.1) is 6.04 Å². The molecule has 1 aliphatic heterocycles. The van der Waals surface area contributed by atoms with Crippen LogP contribution in [0.2, 0.25) is 0 Å². The summed E-state index contributed by atoms with van der Waals surface area (Å²) in [6.07, 6.45) is 12.0. The molecule has 2 aliphatic rings. The van der Waals surface area contributed by atoms with Gasteiger partial charge in [-0.2, -0.15) is 0 Å². The van der Waals surface area contributed by atoms with Crippen LogP contribution in [0.3, 0.4) is 0 Å². The van der Waals surface area contributed by atoms with E-state index in [4.69, 9.17) is 0 Å². The topological polar surface area (TPSA) is 62.3 Å². The molecule has 5 rings (SSSR count). The third-order valence-electron chi connectivity index (χ3n) is 8.51. The quantitative estimate of drug-likeness (QED) is 0.396. The highest BCUT2D eigenvalue weighted by Gasteiger charge is 2.39. The molecule has 2 fully saturated rings. The number of carbonyl (C=O) groups is 2. The minimum Gasteiger partial charge on any atom is -0.344 e. The highest BCUT2D eigenvalue weighted by Crippen LogP contribution is 2.36. The number of hydrogen-bond donors (Lipinski definition) is 1. The lowest BCUT2D eigenvalue weighted by atomic mass is 9.83. The van der Waals surface area contributed by atoms with Gasteiger partial charge in [-0.1, -0.05) is 69.5 Å². The summed E-state index contributed by atoms with van der Waals surface area (Å²) in [5.41, 5.74) is 3.27. The predicted molar refractivity (Wildman–Crippen MR) is 149 cm³/mol. The molecule has 2 heterocycles. The first-order valence-corrected chi connectivity index (χ1v) is 14.1. The average Bonchev–Trinajstić information content (AvgIpc) is 3.45. The molecule has 2 aromatic carbocycles. The van der Waals surface area contributed by atoms with E-state index in [0.717, 1.165) is 68.2 Å². The van der Waals surface area contributed by atoms with Crippen LogP contribution in [0.5, 0.6) is 0 Å². The zero-order chi connectivity index (χ0) is 25.8. The van der Waals surface area contributed by atoms with Gasteiger partial charge in [-0.3, -0.25) is 14.6 Å². The fourth-order valence-corrected chi connectivity index (χ4v) is 6.05. The minimum absolute atomic E-state index is 0.00198. The molecule has 1 aliphatic carbocycles. The van der Waals surface area contributed by atoms with Crippen LogP contribution in [-0.2, 0) is 9.59 Å². The van der Waals surface area contributed by atoms with Crippen molar-refractivity contribution in [1.29, 1.82) is 0 Å². The van der Waals surface area contributed by atoms with Gasteiger partial charge in [-0.05, 0) is 72.1 Å². The number of fused-ring (bicyclic) bond motifs is 1. The third kappa shape index (κ3) is 5.56. The van der Waals surface area contributed by atoms with E-state index in [1.165, 1.54) is 17.2 Å². The number of amides is 2. The van der Waals surface area contributed by atoms with Gasteiger partial charge in [0.2, 0.25) is 11.8 Å². The van der Waals surface area contributed by atoms with Crippen LogP contribution in [0.15, 0.2) is 60.9 Å². The second-order valence-electron chi connectivity index (χ2n) is 11.0. The summed E-state index contributed by atoms with van der Waals surface area (Å²) in [6, 6.07) is 16.6. The van der Waals surface area contributed by atoms with Crippen molar-refractivity contribution in [3.8, 4) is 11.1 Å². The van der Waals surface area contributed by atoms with E-state index in [9.17, 15) is 9.59 Å². The third-order valence-corrected chi connectivity index (χ3v) is 8.51. The molecule has 1 N–H and O–H groups in total. The summed E-state index contributed by atoms with van der Waals surface area (Å²) >= 11 is 0. The minimum atomic E-state index is -0.431. The van der Waals surface area contributed by atoms with Crippen molar-refractivity contribution in [1.82, 2.24) is 15.2 Å². The number of pyridine rings is 1. The van der Waals surface area contributed by atoms with E-state index in [1.54, 1.807) is 0 Å². The summed E-state index contributed by atoms with van der Waals surface area (Å²) < 4.78 is 0. The zero-order valence-corrected chi connectivity index (χ0v) is 22.2. The summed E-state index contributed by atoms with van der Waals surface area (Å²) in [4.78, 5) is 33.6. The Morgan fingerprint density at radius 3 is 2.51 bits per heavy atom. The van der Waals surface area contributed by atoms with Crippen molar-refractivity contribution >= 4 is 22.6 Å². The molecule has 0 spiro atoms. The largest absolute Gasteiger partial charge is 0.344 e. The normalized spacial score (nSPS) is 20.1. The van der Waals surface area contributed by atoms with Gasteiger partial charge in [0.1, 0.15) is 6.04 Å². The van der Waals surface area contributed by atoms with E-state index in [-0.39, 0.29) is 29.7 Å². The molecule has 37 heavy (non-hydrogen) atoms. The number of benzene rings is 2. The van der Waals surface area contributed by atoms with E-state index in [1.807, 2.05) is 31.1 Å². The lowest BCUT2D eigenvalue weighted by Gasteiger charge is -2.35. The summed E-state index contributed by atoms with van der Waals surface area (Å²) in [5.74, 6) is 0.220. The van der Waals surface area contributed by atoms with E-state index < -0.39 is 6.04 Å². The summed E-state index contributed by atoms with van der Waals surface area (Å²) in [6.45, 7) is 4.69. The lowest BCUT2D eigenvalue weighted by molar-refractivity contribution is -0.140. The maximum atomic E-state index is 14.1. The van der Waals surface area contributed by atoms with E-state index in [2.05, 4.69) is 58.8 Å².